The van der Waals surface area contributed by atoms with Gasteiger partial charge in [-0.1, -0.05) is 0 Å². The molecule has 50 valence electrons. The number of ketones is 1. The molecule has 0 unspecified atom stereocenters. The zero-order valence-electron chi connectivity index (χ0n) is 5.60. The van der Waals surface area contributed by atoms with Crippen molar-refractivity contribution in [2.45, 2.75) is 32.1 Å². The van der Waals surface area contributed by atoms with E-state index in [9.17, 15) is 4.79 Å². The highest BCUT2D eigenvalue weighted by atomic mass is 16.1. The van der Waals surface area contributed by atoms with Crippen LogP contribution < -0.4 is 0 Å². The Morgan fingerprint density at radius 1 is 1.11 bits per heavy atom. The molecule has 2 rings (SSSR count). The van der Waals surface area contributed by atoms with Crippen LogP contribution in [-0.4, -0.2) is 5.78 Å². The maximum atomic E-state index is 10.9. The van der Waals surface area contributed by atoms with Crippen LogP contribution in [0, 0.1) is 11.8 Å². The van der Waals surface area contributed by atoms with Crippen molar-refractivity contribution in [3.63, 3.8) is 0 Å². The number of rotatable bonds is 0. The van der Waals surface area contributed by atoms with Crippen LogP contribution in [0.4, 0.5) is 0 Å². The minimum absolute atomic E-state index is 0.522. The van der Waals surface area contributed by atoms with Crippen LogP contribution in [0.1, 0.15) is 32.1 Å². The molecule has 9 heavy (non-hydrogen) atoms. The monoisotopic (exact) mass is 124 g/mol. The molecule has 0 aliphatic heterocycles. The highest BCUT2D eigenvalue weighted by molar-refractivity contribution is 5.79. The first-order valence-electron chi connectivity index (χ1n) is 3.86. The van der Waals surface area contributed by atoms with E-state index in [1.54, 1.807) is 0 Å². The third-order valence-corrected chi connectivity index (χ3v) is 2.68. The van der Waals surface area contributed by atoms with Gasteiger partial charge in [-0.25, -0.2) is 0 Å². The largest absolute Gasteiger partial charge is 0.300 e. The van der Waals surface area contributed by atoms with Crippen LogP contribution in [0.5, 0.6) is 0 Å². The lowest BCUT2D eigenvalue weighted by Crippen LogP contribution is -2.14. The van der Waals surface area contributed by atoms with Crippen LogP contribution in [0.15, 0.2) is 0 Å². The van der Waals surface area contributed by atoms with Crippen LogP contribution in [0.25, 0.3) is 0 Å². The molecule has 0 aromatic heterocycles. The smallest absolute Gasteiger partial charge is 0.133 e. The quantitative estimate of drug-likeness (QED) is 0.481. The average molecular weight is 124 g/mol. The molecule has 0 radical (unpaired) electrons. The fraction of sp³-hybridized carbons (Fsp3) is 0.875. The van der Waals surface area contributed by atoms with Gasteiger partial charge in [0.05, 0.1) is 0 Å². The Kier molecular flexibility index (Phi) is 1.11. The third kappa shape index (κ3) is 0.887. The maximum Gasteiger partial charge on any atom is 0.133 e. The van der Waals surface area contributed by atoms with Crippen molar-refractivity contribution in [1.82, 2.24) is 0 Å². The molecular weight excluding hydrogens is 112 g/mol. The van der Waals surface area contributed by atoms with Gasteiger partial charge >= 0.3 is 0 Å². The highest BCUT2D eigenvalue weighted by Gasteiger charge is 2.32. The zero-order chi connectivity index (χ0) is 6.27. The van der Waals surface area contributed by atoms with Crippen molar-refractivity contribution in [3.05, 3.63) is 0 Å². The first-order chi connectivity index (χ1) is 4.34. The topological polar surface area (TPSA) is 17.1 Å². The lowest BCUT2D eigenvalue weighted by Gasteiger charge is -2.15. The molecule has 0 N–H and O–H groups in total. The van der Waals surface area contributed by atoms with Crippen LogP contribution >= 0.6 is 0 Å². The molecule has 0 aromatic carbocycles. The van der Waals surface area contributed by atoms with Crippen molar-refractivity contribution < 1.29 is 4.79 Å². The van der Waals surface area contributed by atoms with Crippen molar-refractivity contribution >= 4 is 5.78 Å². The van der Waals surface area contributed by atoms with E-state index < -0.39 is 0 Å². The summed E-state index contributed by atoms with van der Waals surface area (Å²) in [7, 11) is 0. The predicted molar refractivity (Wildman–Crippen MR) is 35.1 cm³/mol. The van der Waals surface area contributed by atoms with E-state index in [0.29, 0.717) is 5.78 Å². The molecule has 0 spiro atoms. The van der Waals surface area contributed by atoms with Gasteiger partial charge in [-0.15, -0.1) is 0 Å². The Morgan fingerprint density at radius 2 is 1.67 bits per heavy atom. The van der Waals surface area contributed by atoms with Crippen molar-refractivity contribution in [2.24, 2.45) is 11.8 Å². The summed E-state index contributed by atoms with van der Waals surface area (Å²) in [4.78, 5) is 10.9. The molecule has 2 bridgehead atoms. The van der Waals surface area contributed by atoms with Crippen molar-refractivity contribution in [2.75, 3.05) is 0 Å². The number of Topliss-reactive ketones (excluding diaryl/α,β-unsaturated/α-hetero) is 1. The van der Waals surface area contributed by atoms with E-state index in [4.69, 9.17) is 0 Å². The summed E-state index contributed by atoms with van der Waals surface area (Å²) in [6.07, 6.45) is 5.81. The molecule has 0 aromatic rings. The summed E-state index contributed by atoms with van der Waals surface area (Å²) in [5.41, 5.74) is 0. The van der Waals surface area contributed by atoms with E-state index >= 15 is 0 Å². The summed E-state index contributed by atoms with van der Waals surface area (Å²) in [6, 6.07) is 0. The van der Waals surface area contributed by atoms with E-state index in [1.807, 2.05) is 0 Å². The van der Waals surface area contributed by atoms with Gasteiger partial charge in [-0.2, -0.15) is 0 Å². The zero-order valence-corrected chi connectivity index (χ0v) is 5.60. The lowest BCUT2D eigenvalue weighted by molar-refractivity contribution is -0.121. The van der Waals surface area contributed by atoms with E-state index in [1.165, 1.54) is 19.3 Å². The van der Waals surface area contributed by atoms with Crippen LogP contribution in [-0.2, 0) is 4.79 Å². The molecule has 0 saturated heterocycles. The third-order valence-electron chi connectivity index (χ3n) is 2.68. The second kappa shape index (κ2) is 1.83. The predicted octanol–water partition coefficient (Wildman–Crippen LogP) is 1.77. The highest BCUT2D eigenvalue weighted by Crippen LogP contribution is 2.39. The van der Waals surface area contributed by atoms with Crippen molar-refractivity contribution in [3.8, 4) is 0 Å². The molecule has 2 saturated carbocycles. The average Bonchev–Trinajstić information content (AvgIpc) is 2.11. The van der Waals surface area contributed by atoms with Gasteiger partial charge in [0.15, 0.2) is 0 Å². The van der Waals surface area contributed by atoms with Gasteiger partial charge in [0.2, 0.25) is 0 Å². The summed E-state index contributed by atoms with van der Waals surface area (Å²) in [6.45, 7) is 0. The van der Waals surface area contributed by atoms with Crippen molar-refractivity contribution in [1.29, 1.82) is 0 Å². The lowest BCUT2D eigenvalue weighted by atomic mass is 9.88. The van der Waals surface area contributed by atoms with E-state index in [-0.39, 0.29) is 0 Å². The molecule has 1 nitrogen and oxygen atoms in total. The first-order valence-corrected chi connectivity index (χ1v) is 3.86. The molecule has 0 amide bonds. The van der Waals surface area contributed by atoms with E-state index in [2.05, 4.69) is 0 Å². The Balaban J connectivity index is 2.11. The van der Waals surface area contributed by atoms with Gasteiger partial charge in [-0.05, 0) is 31.1 Å². The first kappa shape index (κ1) is 5.45. The van der Waals surface area contributed by atoms with Gasteiger partial charge in [0.25, 0.3) is 0 Å². The number of hydrogen-bond donors (Lipinski definition) is 0. The van der Waals surface area contributed by atoms with Crippen LogP contribution in [0.2, 0.25) is 0 Å². The standard InChI is InChI=1S/C8H12O/c9-8-4-6-1-2-7(3-6)5-8/h6-7H,1-5H2/t6-,7-/m0/s1. The number of carbonyl (C=O) groups excluding carboxylic acids is 1. The van der Waals surface area contributed by atoms with Crippen LogP contribution in [0.3, 0.4) is 0 Å². The Hall–Kier alpha value is -0.330. The Bertz CT molecular complexity index is 126. The minimum atomic E-state index is 0.522. The Morgan fingerprint density at radius 3 is 2.22 bits per heavy atom. The summed E-state index contributed by atoms with van der Waals surface area (Å²) >= 11 is 0. The summed E-state index contributed by atoms with van der Waals surface area (Å²) in [5.74, 6) is 2.10. The number of fused-ring (bicyclic) bond motifs is 2. The molecule has 1 heteroatoms. The molecule has 0 heterocycles. The second-order valence-electron chi connectivity index (χ2n) is 3.49. The molecule has 2 atom stereocenters. The number of carbonyl (C=O) groups is 1. The maximum absolute atomic E-state index is 10.9. The van der Waals surface area contributed by atoms with Gasteiger partial charge in [0, 0.05) is 12.8 Å². The minimum Gasteiger partial charge on any atom is -0.300 e. The fourth-order valence-corrected chi connectivity index (χ4v) is 2.28. The van der Waals surface area contributed by atoms with Gasteiger partial charge in [0.1, 0.15) is 5.78 Å². The molecule has 2 aliphatic rings. The molecule has 2 aliphatic carbocycles. The van der Waals surface area contributed by atoms with E-state index in [0.717, 1.165) is 24.7 Å². The number of hydrogen-bond acceptors (Lipinski definition) is 1. The molecule has 2 fully saturated rings. The summed E-state index contributed by atoms with van der Waals surface area (Å²) < 4.78 is 0. The molecular formula is C8H12O. The second-order valence-corrected chi connectivity index (χ2v) is 3.49. The fourth-order valence-electron chi connectivity index (χ4n) is 2.28. The summed E-state index contributed by atoms with van der Waals surface area (Å²) in [5, 5.41) is 0. The SMILES string of the molecule is O=C1C[C@H]2CC[C@H](C1)C2. The van der Waals surface area contributed by atoms with Gasteiger partial charge in [-0.3, -0.25) is 4.79 Å². The van der Waals surface area contributed by atoms with Gasteiger partial charge < -0.3 is 0 Å². The Labute approximate surface area is 55.4 Å². The normalized spacial score (nSPS) is 41.6.